The highest BCUT2D eigenvalue weighted by Gasteiger charge is 2.10. The van der Waals surface area contributed by atoms with E-state index in [-0.39, 0.29) is 0 Å². The average molecular weight is 244 g/mol. The van der Waals surface area contributed by atoms with Crippen LogP contribution in [0.3, 0.4) is 0 Å². The Morgan fingerprint density at radius 2 is 2.06 bits per heavy atom. The van der Waals surface area contributed by atoms with Crippen LogP contribution in [0.5, 0.6) is 0 Å². The van der Waals surface area contributed by atoms with Crippen LogP contribution in [0.15, 0.2) is 18.5 Å². The van der Waals surface area contributed by atoms with E-state index in [4.69, 9.17) is 0 Å². The highest BCUT2D eigenvalue weighted by Crippen LogP contribution is 2.27. The maximum Gasteiger partial charge on any atom is 0.109 e. The van der Waals surface area contributed by atoms with Gasteiger partial charge in [0.05, 0.1) is 27.3 Å². The Hall–Kier alpha value is -1.75. The number of hydrogen-bond acceptors (Lipinski definition) is 4. The lowest BCUT2D eigenvalue weighted by molar-refractivity contribution is 0.794. The van der Waals surface area contributed by atoms with Crippen molar-refractivity contribution in [2.24, 2.45) is 7.05 Å². The summed E-state index contributed by atoms with van der Waals surface area (Å²) in [6.07, 6.45) is 3.68. The lowest BCUT2D eigenvalue weighted by atomic mass is 10.2. The predicted molar refractivity (Wildman–Crippen MR) is 69.1 cm³/mol. The second-order valence-corrected chi connectivity index (χ2v) is 5.30. The minimum atomic E-state index is 0.938. The van der Waals surface area contributed by atoms with Crippen molar-refractivity contribution in [3.63, 3.8) is 0 Å². The number of thiazole rings is 1. The number of rotatable bonds is 1. The summed E-state index contributed by atoms with van der Waals surface area (Å²) in [7, 11) is 1.94. The van der Waals surface area contributed by atoms with Gasteiger partial charge >= 0.3 is 0 Å². The third kappa shape index (κ3) is 1.63. The molecule has 0 aromatic carbocycles. The van der Waals surface area contributed by atoms with E-state index in [0.717, 1.165) is 26.6 Å². The Kier molecular flexibility index (Phi) is 2.22. The molecule has 0 N–H and O–H groups in total. The second kappa shape index (κ2) is 3.63. The normalized spacial score (nSPS) is 11.2. The Bertz CT molecular complexity index is 696. The fourth-order valence-corrected chi connectivity index (χ4v) is 2.74. The summed E-state index contributed by atoms with van der Waals surface area (Å²) in [5, 5.41) is 5.30. The quantitative estimate of drug-likeness (QED) is 0.661. The Morgan fingerprint density at radius 1 is 1.24 bits per heavy atom. The van der Waals surface area contributed by atoms with Crippen molar-refractivity contribution < 1.29 is 0 Å². The average Bonchev–Trinajstić information content (AvgIpc) is 2.86. The lowest BCUT2D eigenvalue weighted by Gasteiger charge is -2.02. The highest BCUT2D eigenvalue weighted by atomic mass is 32.1. The van der Waals surface area contributed by atoms with Gasteiger partial charge in [0.1, 0.15) is 5.52 Å². The Balaban J connectivity index is 2.25. The van der Waals surface area contributed by atoms with Crippen molar-refractivity contribution in [3.8, 4) is 10.6 Å². The topological polar surface area (TPSA) is 43.6 Å². The number of aromatic nitrogens is 4. The largest absolute Gasteiger partial charge is 0.266 e. The van der Waals surface area contributed by atoms with Crippen LogP contribution in [0, 0.1) is 13.8 Å². The molecule has 86 valence electrons. The molecule has 0 unspecified atom stereocenters. The van der Waals surface area contributed by atoms with Gasteiger partial charge in [-0.15, -0.1) is 11.3 Å². The summed E-state index contributed by atoms with van der Waals surface area (Å²) >= 11 is 1.66. The summed E-state index contributed by atoms with van der Waals surface area (Å²) in [5.41, 5.74) is 4.20. The minimum Gasteiger partial charge on any atom is -0.266 e. The van der Waals surface area contributed by atoms with E-state index >= 15 is 0 Å². The molecule has 0 aliphatic carbocycles. The van der Waals surface area contributed by atoms with Crippen molar-refractivity contribution in [3.05, 3.63) is 29.0 Å². The molecule has 3 aromatic rings. The molecule has 0 atom stereocenters. The van der Waals surface area contributed by atoms with Crippen LogP contribution < -0.4 is 0 Å². The monoisotopic (exact) mass is 244 g/mol. The first-order valence-electron chi connectivity index (χ1n) is 5.37. The van der Waals surface area contributed by atoms with Gasteiger partial charge in [0, 0.05) is 13.2 Å². The Morgan fingerprint density at radius 3 is 2.76 bits per heavy atom. The van der Waals surface area contributed by atoms with E-state index in [2.05, 4.69) is 28.1 Å². The second-order valence-electron chi connectivity index (χ2n) is 4.07. The number of nitrogens with zero attached hydrogens (tertiary/aromatic N) is 4. The number of aryl methyl sites for hydroxylation is 3. The number of hydrogen-bond donors (Lipinski definition) is 0. The molecule has 3 rings (SSSR count). The molecular formula is C12H12N4S. The van der Waals surface area contributed by atoms with Gasteiger partial charge in [-0.25, -0.2) is 9.97 Å². The van der Waals surface area contributed by atoms with Gasteiger partial charge in [-0.3, -0.25) is 4.68 Å². The zero-order valence-electron chi connectivity index (χ0n) is 9.93. The van der Waals surface area contributed by atoms with E-state index in [9.17, 15) is 0 Å². The standard InChI is InChI=1S/C12H12N4S/c1-7-4-9(11-6-13-8(2)17-11)15-10-5-14-16(3)12(7)10/h4-6H,1-3H3. The van der Waals surface area contributed by atoms with Crippen LogP contribution in [-0.4, -0.2) is 19.7 Å². The first kappa shape index (κ1) is 10.4. The summed E-state index contributed by atoms with van der Waals surface area (Å²) in [6.45, 7) is 4.09. The molecule has 4 nitrogen and oxygen atoms in total. The Labute approximate surface area is 103 Å². The molecule has 0 amide bonds. The summed E-state index contributed by atoms with van der Waals surface area (Å²) in [4.78, 5) is 10.0. The van der Waals surface area contributed by atoms with Gasteiger partial charge in [-0.05, 0) is 25.5 Å². The van der Waals surface area contributed by atoms with Crippen molar-refractivity contribution >= 4 is 22.4 Å². The van der Waals surface area contributed by atoms with E-state index in [0.29, 0.717) is 0 Å². The zero-order chi connectivity index (χ0) is 12.0. The van der Waals surface area contributed by atoms with Gasteiger partial charge in [0.2, 0.25) is 0 Å². The van der Waals surface area contributed by atoms with E-state index in [1.165, 1.54) is 5.56 Å². The van der Waals surface area contributed by atoms with Crippen LogP contribution in [-0.2, 0) is 7.05 Å². The molecule has 0 aliphatic heterocycles. The highest BCUT2D eigenvalue weighted by molar-refractivity contribution is 7.15. The third-order valence-electron chi connectivity index (χ3n) is 2.76. The van der Waals surface area contributed by atoms with Crippen LogP contribution >= 0.6 is 11.3 Å². The molecule has 17 heavy (non-hydrogen) atoms. The molecule has 0 aliphatic rings. The SMILES string of the molecule is Cc1ncc(-c2cc(C)c3c(cnn3C)n2)s1. The molecule has 3 heterocycles. The smallest absolute Gasteiger partial charge is 0.109 e. The first-order chi connectivity index (χ1) is 8.15. The zero-order valence-corrected chi connectivity index (χ0v) is 10.7. The fraction of sp³-hybridized carbons (Fsp3) is 0.250. The summed E-state index contributed by atoms with van der Waals surface area (Å²) in [5.74, 6) is 0. The lowest BCUT2D eigenvalue weighted by Crippen LogP contribution is -1.93. The van der Waals surface area contributed by atoms with Crippen LogP contribution in [0.1, 0.15) is 10.6 Å². The van der Waals surface area contributed by atoms with Crippen molar-refractivity contribution in [1.82, 2.24) is 19.7 Å². The van der Waals surface area contributed by atoms with Gasteiger partial charge in [0.15, 0.2) is 0 Å². The van der Waals surface area contributed by atoms with Gasteiger partial charge in [-0.2, -0.15) is 5.10 Å². The summed E-state index contributed by atoms with van der Waals surface area (Å²) in [6, 6.07) is 2.09. The van der Waals surface area contributed by atoms with E-state index in [1.807, 2.05) is 24.9 Å². The van der Waals surface area contributed by atoms with Crippen molar-refractivity contribution in [2.45, 2.75) is 13.8 Å². The third-order valence-corrected chi connectivity index (χ3v) is 3.70. The molecule has 0 bridgehead atoms. The van der Waals surface area contributed by atoms with Crippen molar-refractivity contribution in [1.29, 1.82) is 0 Å². The molecule has 3 aromatic heterocycles. The molecular weight excluding hydrogens is 232 g/mol. The van der Waals surface area contributed by atoms with Crippen LogP contribution in [0.4, 0.5) is 0 Å². The van der Waals surface area contributed by atoms with Gasteiger partial charge in [0.25, 0.3) is 0 Å². The fourth-order valence-electron chi connectivity index (χ4n) is 2.01. The molecule has 0 saturated heterocycles. The van der Waals surface area contributed by atoms with E-state index < -0.39 is 0 Å². The molecule has 0 radical (unpaired) electrons. The number of pyridine rings is 1. The summed E-state index contributed by atoms with van der Waals surface area (Å²) < 4.78 is 1.86. The molecule has 0 saturated carbocycles. The van der Waals surface area contributed by atoms with Crippen LogP contribution in [0.25, 0.3) is 21.6 Å². The molecule has 0 fully saturated rings. The number of fused-ring (bicyclic) bond motifs is 1. The maximum absolute atomic E-state index is 4.63. The van der Waals surface area contributed by atoms with Crippen LogP contribution in [0.2, 0.25) is 0 Å². The minimum absolute atomic E-state index is 0.938. The molecule has 0 spiro atoms. The predicted octanol–water partition coefficient (Wildman–Crippen LogP) is 2.71. The van der Waals surface area contributed by atoms with Gasteiger partial charge < -0.3 is 0 Å². The van der Waals surface area contributed by atoms with Crippen molar-refractivity contribution in [2.75, 3.05) is 0 Å². The first-order valence-corrected chi connectivity index (χ1v) is 6.19. The van der Waals surface area contributed by atoms with E-state index in [1.54, 1.807) is 17.5 Å². The maximum atomic E-state index is 4.63. The van der Waals surface area contributed by atoms with Gasteiger partial charge in [-0.1, -0.05) is 0 Å². The molecule has 5 heteroatoms.